The smallest absolute Gasteiger partial charge is 0.179 e. The lowest BCUT2D eigenvalue weighted by atomic mass is 10.3. The topological polar surface area (TPSA) is 69.1 Å². The molecule has 5 heteroatoms. The van der Waals surface area contributed by atoms with Crippen LogP contribution in [0.1, 0.15) is 5.69 Å². The van der Waals surface area contributed by atoms with Crippen molar-refractivity contribution in [3.63, 3.8) is 0 Å². The Hall–Kier alpha value is -1.49. The third-order valence-electron chi connectivity index (χ3n) is 1.70. The van der Waals surface area contributed by atoms with Crippen LogP contribution >= 0.6 is 0 Å². The van der Waals surface area contributed by atoms with Crippen LogP contribution in [0.15, 0.2) is 18.2 Å². The van der Waals surface area contributed by atoms with Gasteiger partial charge in [-0.25, -0.2) is 0 Å². The Bertz CT molecular complexity index is 380. The van der Waals surface area contributed by atoms with Gasteiger partial charge in [0.2, 0.25) is 0 Å². The number of fused-ring (bicyclic) bond motifs is 1. The molecule has 0 radical (unpaired) electrons. The monoisotopic (exact) mass is 163 g/mol. The van der Waals surface area contributed by atoms with Gasteiger partial charge in [-0.15, -0.1) is 5.10 Å². The second kappa shape index (κ2) is 2.86. The Morgan fingerprint density at radius 1 is 1.42 bits per heavy atom. The number of rotatable bonds is 2. The van der Waals surface area contributed by atoms with Crippen molar-refractivity contribution in [2.24, 2.45) is 5.73 Å². The van der Waals surface area contributed by atoms with E-state index >= 15 is 0 Å². The van der Waals surface area contributed by atoms with Crippen molar-refractivity contribution in [2.75, 3.05) is 6.54 Å². The summed E-state index contributed by atoms with van der Waals surface area (Å²) in [5.74, 6) is 0. The molecule has 0 bridgehead atoms. The zero-order valence-corrected chi connectivity index (χ0v) is 6.51. The van der Waals surface area contributed by atoms with Gasteiger partial charge >= 0.3 is 0 Å². The molecule has 0 spiro atoms. The quantitative estimate of drug-likeness (QED) is 0.655. The third kappa shape index (κ3) is 1.04. The minimum atomic E-state index is 0.610. The van der Waals surface area contributed by atoms with Crippen molar-refractivity contribution < 1.29 is 0 Å². The highest BCUT2D eigenvalue weighted by atomic mass is 15.5. The molecule has 0 aliphatic heterocycles. The Morgan fingerprint density at radius 3 is 3.17 bits per heavy atom. The molecule has 2 heterocycles. The van der Waals surface area contributed by atoms with Crippen LogP contribution in [0.5, 0.6) is 0 Å². The number of pyridine rings is 1. The van der Waals surface area contributed by atoms with E-state index in [-0.39, 0.29) is 0 Å². The van der Waals surface area contributed by atoms with E-state index in [1.54, 1.807) is 4.52 Å². The molecule has 0 saturated heterocycles. The van der Waals surface area contributed by atoms with Crippen LogP contribution in [0.3, 0.4) is 0 Å². The zero-order valence-electron chi connectivity index (χ0n) is 6.51. The molecule has 2 rings (SSSR count). The molecule has 0 unspecified atom stereocenters. The van der Waals surface area contributed by atoms with Crippen molar-refractivity contribution in [3.8, 4) is 0 Å². The summed E-state index contributed by atoms with van der Waals surface area (Å²) < 4.78 is 1.70. The zero-order chi connectivity index (χ0) is 8.39. The highest BCUT2D eigenvalue weighted by molar-refractivity contribution is 5.36. The summed E-state index contributed by atoms with van der Waals surface area (Å²) in [5.41, 5.74) is 7.24. The van der Waals surface area contributed by atoms with Gasteiger partial charge in [-0.2, -0.15) is 4.52 Å². The average Bonchev–Trinajstić information content (AvgIpc) is 2.53. The summed E-state index contributed by atoms with van der Waals surface area (Å²) in [6.45, 7) is 0.610. The summed E-state index contributed by atoms with van der Waals surface area (Å²) in [4.78, 5) is 0. The van der Waals surface area contributed by atoms with Crippen molar-refractivity contribution in [2.45, 2.75) is 6.42 Å². The molecule has 0 amide bonds. The molecule has 12 heavy (non-hydrogen) atoms. The van der Waals surface area contributed by atoms with Crippen LogP contribution in [0, 0.1) is 0 Å². The predicted molar refractivity (Wildman–Crippen MR) is 43.5 cm³/mol. The van der Waals surface area contributed by atoms with Gasteiger partial charge in [-0.1, -0.05) is 6.07 Å². The van der Waals surface area contributed by atoms with E-state index in [1.807, 2.05) is 18.2 Å². The number of aromatic nitrogens is 4. The van der Waals surface area contributed by atoms with Crippen molar-refractivity contribution in [3.05, 3.63) is 23.9 Å². The summed E-state index contributed by atoms with van der Waals surface area (Å²) in [5, 5.41) is 11.2. The molecular formula is C7H9N5. The highest BCUT2D eigenvalue weighted by Gasteiger charge is 2.00. The van der Waals surface area contributed by atoms with E-state index in [0.29, 0.717) is 6.54 Å². The standard InChI is InChI=1S/C7H9N5/c8-5-4-6-2-1-3-7-9-10-11-12(6)7/h1-3H,4-5,8H2. The molecule has 0 aromatic carbocycles. The lowest BCUT2D eigenvalue weighted by Gasteiger charge is -1.98. The van der Waals surface area contributed by atoms with E-state index < -0.39 is 0 Å². The SMILES string of the molecule is NCCc1cccc2nnnn12. The lowest BCUT2D eigenvalue weighted by Crippen LogP contribution is -2.07. The Kier molecular flexibility index (Phi) is 1.71. The Labute approximate surface area is 69.2 Å². The molecule has 2 N–H and O–H groups in total. The maximum atomic E-state index is 5.44. The van der Waals surface area contributed by atoms with E-state index in [1.165, 1.54) is 0 Å². The van der Waals surface area contributed by atoms with Gasteiger partial charge in [0.05, 0.1) is 0 Å². The van der Waals surface area contributed by atoms with Crippen LogP contribution in [-0.2, 0) is 6.42 Å². The number of hydrogen-bond acceptors (Lipinski definition) is 4. The molecule has 0 fully saturated rings. The molecule has 0 atom stereocenters. The molecule has 2 aromatic heterocycles. The average molecular weight is 163 g/mol. The summed E-state index contributed by atoms with van der Waals surface area (Å²) in [6, 6.07) is 5.76. The number of tetrazole rings is 1. The van der Waals surface area contributed by atoms with E-state index in [9.17, 15) is 0 Å². The minimum absolute atomic E-state index is 0.610. The first-order chi connectivity index (χ1) is 5.92. The van der Waals surface area contributed by atoms with E-state index in [4.69, 9.17) is 5.73 Å². The van der Waals surface area contributed by atoms with Gasteiger partial charge in [-0.05, 0) is 29.1 Å². The van der Waals surface area contributed by atoms with Crippen LogP contribution in [0.25, 0.3) is 5.65 Å². The second-order valence-electron chi connectivity index (χ2n) is 2.50. The molecule has 0 aliphatic rings. The third-order valence-corrected chi connectivity index (χ3v) is 1.70. The van der Waals surface area contributed by atoms with E-state index in [2.05, 4.69) is 15.5 Å². The first-order valence-corrected chi connectivity index (χ1v) is 3.78. The normalized spacial score (nSPS) is 10.8. The van der Waals surface area contributed by atoms with E-state index in [0.717, 1.165) is 17.8 Å². The fraction of sp³-hybridized carbons (Fsp3) is 0.286. The van der Waals surface area contributed by atoms with Gasteiger partial charge in [0.15, 0.2) is 5.65 Å². The number of hydrogen-bond donors (Lipinski definition) is 1. The second-order valence-corrected chi connectivity index (χ2v) is 2.50. The Balaban J connectivity index is 2.57. The summed E-state index contributed by atoms with van der Waals surface area (Å²) in [7, 11) is 0. The van der Waals surface area contributed by atoms with Gasteiger partial charge in [0, 0.05) is 12.1 Å². The Morgan fingerprint density at radius 2 is 2.33 bits per heavy atom. The molecule has 5 nitrogen and oxygen atoms in total. The maximum absolute atomic E-state index is 5.44. The fourth-order valence-electron chi connectivity index (χ4n) is 1.16. The molecule has 62 valence electrons. The van der Waals surface area contributed by atoms with Gasteiger partial charge in [0.25, 0.3) is 0 Å². The predicted octanol–water partition coefficient (Wildman–Crippen LogP) is -0.375. The van der Waals surface area contributed by atoms with Crippen LogP contribution < -0.4 is 5.73 Å². The van der Waals surface area contributed by atoms with Crippen LogP contribution in [0.4, 0.5) is 0 Å². The number of nitrogens with zero attached hydrogens (tertiary/aromatic N) is 4. The fourth-order valence-corrected chi connectivity index (χ4v) is 1.16. The van der Waals surface area contributed by atoms with Crippen molar-refractivity contribution >= 4 is 5.65 Å². The number of nitrogens with two attached hydrogens (primary N) is 1. The lowest BCUT2D eigenvalue weighted by molar-refractivity contribution is 0.768. The summed E-state index contributed by atoms with van der Waals surface area (Å²) >= 11 is 0. The minimum Gasteiger partial charge on any atom is -0.330 e. The summed E-state index contributed by atoms with van der Waals surface area (Å²) in [6.07, 6.45) is 0.794. The molecule has 0 aliphatic carbocycles. The van der Waals surface area contributed by atoms with Gasteiger partial charge in [0.1, 0.15) is 0 Å². The van der Waals surface area contributed by atoms with Crippen molar-refractivity contribution in [1.29, 1.82) is 0 Å². The van der Waals surface area contributed by atoms with Gasteiger partial charge in [-0.3, -0.25) is 0 Å². The first kappa shape index (κ1) is 7.17. The first-order valence-electron chi connectivity index (χ1n) is 3.78. The van der Waals surface area contributed by atoms with Crippen LogP contribution in [0.2, 0.25) is 0 Å². The molecule has 2 aromatic rings. The van der Waals surface area contributed by atoms with Crippen LogP contribution in [-0.4, -0.2) is 26.6 Å². The molecular weight excluding hydrogens is 154 g/mol. The van der Waals surface area contributed by atoms with Gasteiger partial charge < -0.3 is 5.73 Å². The maximum Gasteiger partial charge on any atom is 0.179 e. The van der Waals surface area contributed by atoms with Crippen molar-refractivity contribution in [1.82, 2.24) is 20.0 Å². The largest absolute Gasteiger partial charge is 0.330 e. The highest BCUT2D eigenvalue weighted by Crippen LogP contribution is 2.02. The molecule has 0 saturated carbocycles.